The van der Waals surface area contributed by atoms with E-state index in [1.807, 2.05) is 0 Å². The first kappa shape index (κ1) is 9.72. The summed E-state index contributed by atoms with van der Waals surface area (Å²) in [5.74, 6) is 0.453. The van der Waals surface area contributed by atoms with E-state index in [4.69, 9.17) is 9.84 Å². The molecule has 6 nitrogen and oxygen atoms in total. The summed E-state index contributed by atoms with van der Waals surface area (Å²) in [6.45, 7) is 0.279. The fourth-order valence-corrected chi connectivity index (χ4v) is 1.41. The minimum atomic E-state index is -0.470. The molecule has 1 heterocycles. The van der Waals surface area contributed by atoms with Crippen molar-refractivity contribution in [2.24, 2.45) is 0 Å². The molecule has 0 saturated heterocycles. The van der Waals surface area contributed by atoms with Gasteiger partial charge in [-0.15, -0.1) is 0 Å². The molecule has 1 atom stereocenters. The van der Waals surface area contributed by atoms with Gasteiger partial charge in [0.05, 0.1) is 29.3 Å². The highest BCUT2D eigenvalue weighted by molar-refractivity contribution is 5.62. The Bertz CT molecular complexity index is 394. The largest absolute Gasteiger partial charge is 0.489 e. The molecule has 0 bridgehead atoms. The number of benzene rings is 1. The van der Waals surface area contributed by atoms with Gasteiger partial charge in [0.1, 0.15) is 12.4 Å². The zero-order chi connectivity index (χ0) is 10.8. The number of nitrogens with one attached hydrogen (secondary N) is 1. The number of non-ortho nitro benzene ring substituents is 1. The number of ether oxygens (including phenoxy) is 1. The fourth-order valence-electron chi connectivity index (χ4n) is 1.41. The van der Waals surface area contributed by atoms with Crippen LogP contribution in [-0.4, -0.2) is 29.3 Å². The van der Waals surface area contributed by atoms with Crippen molar-refractivity contribution < 1.29 is 14.8 Å². The Morgan fingerprint density at radius 1 is 1.67 bits per heavy atom. The smallest absolute Gasteiger partial charge is 0.273 e. The normalized spacial score (nSPS) is 18.6. The number of hydrogen-bond donors (Lipinski definition) is 2. The Kier molecular flexibility index (Phi) is 2.42. The highest BCUT2D eigenvalue weighted by Gasteiger charge is 2.20. The zero-order valence-electron chi connectivity index (χ0n) is 7.84. The van der Waals surface area contributed by atoms with Gasteiger partial charge in [0.15, 0.2) is 0 Å². The van der Waals surface area contributed by atoms with Gasteiger partial charge in [-0.05, 0) is 6.07 Å². The minimum absolute atomic E-state index is 0.00185. The molecule has 0 amide bonds. The molecule has 15 heavy (non-hydrogen) atoms. The molecular weight excluding hydrogens is 200 g/mol. The maximum atomic E-state index is 10.5. The van der Waals surface area contributed by atoms with Crippen molar-refractivity contribution >= 4 is 11.4 Å². The molecule has 1 aromatic rings. The van der Waals surface area contributed by atoms with Gasteiger partial charge in [0.2, 0.25) is 0 Å². The Morgan fingerprint density at radius 3 is 3.13 bits per heavy atom. The first-order chi connectivity index (χ1) is 7.20. The van der Waals surface area contributed by atoms with Crippen LogP contribution in [0.2, 0.25) is 0 Å². The summed E-state index contributed by atoms with van der Waals surface area (Å²) in [5.41, 5.74) is 0.670. The number of nitrogens with zero attached hydrogens (tertiary/aromatic N) is 1. The number of aliphatic hydroxyl groups excluding tert-OH is 1. The molecule has 0 saturated carbocycles. The second-order valence-electron chi connectivity index (χ2n) is 3.27. The van der Waals surface area contributed by atoms with E-state index in [0.29, 0.717) is 18.0 Å². The van der Waals surface area contributed by atoms with Gasteiger partial charge < -0.3 is 15.2 Å². The van der Waals surface area contributed by atoms with Gasteiger partial charge in [0.25, 0.3) is 5.69 Å². The van der Waals surface area contributed by atoms with Crippen LogP contribution in [0.4, 0.5) is 11.4 Å². The summed E-state index contributed by atoms with van der Waals surface area (Å²) in [4.78, 5) is 10.0. The van der Waals surface area contributed by atoms with Gasteiger partial charge >= 0.3 is 0 Å². The number of aliphatic hydroxyl groups is 1. The summed E-state index contributed by atoms with van der Waals surface area (Å²) in [6, 6.07) is 4.19. The maximum absolute atomic E-state index is 10.5. The summed E-state index contributed by atoms with van der Waals surface area (Å²) in [5, 5.41) is 22.4. The van der Waals surface area contributed by atoms with Crippen molar-refractivity contribution in [3.8, 4) is 5.75 Å². The van der Waals surface area contributed by atoms with Crippen molar-refractivity contribution in [3.63, 3.8) is 0 Å². The lowest BCUT2D eigenvalue weighted by atomic mass is 10.2. The van der Waals surface area contributed by atoms with Gasteiger partial charge in [-0.1, -0.05) is 0 Å². The Balaban J connectivity index is 2.28. The molecule has 0 aliphatic carbocycles. The number of rotatable bonds is 2. The fraction of sp³-hybridized carbons (Fsp3) is 0.333. The van der Waals surface area contributed by atoms with Gasteiger partial charge in [-0.3, -0.25) is 10.1 Å². The first-order valence-corrected chi connectivity index (χ1v) is 4.49. The number of nitro groups is 1. The van der Waals surface area contributed by atoms with Crippen LogP contribution in [0.15, 0.2) is 18.2 Å². The van der Waals surface area contributed by atoms with Crippen molar-refractivity contribution in [1.82, 2.24) is 0 Å². The second-order valence-corrected chi connectivity index (χ2v) is 3.27. The van der Waals surface area contributed by atoms with Crippen LogP contribution in [0.3, 0.4) is 0 Å². The Morgan fingerprint density at radius 2 is 2.47 bits per heavy atom. The molecule has 80 valence electrons. The van der Waals surface area contributed by atoms with Crippen molar-refractivity contribution in [2.45, 2.75) is 6.04 Å². The highest BCUT2D eigenvalue weighted by atomic mass is 16.6. The molecule has 0 unspecified atom stereocenters. The summed E-state index contributed by atoms with van der Waals surface area (Å²) < 4.78 is 5.29. The molecular formula is C9H10N2O4. The molecule has 0 aromatic heterocycles. The van der Waals surface area contributed by atoms with E-state index < -0.39 is 4.92 Å². The zero-order valence-corrected chi connectivity index (χ0v) is 7.84. The van der Waals surface area contributed by atoms with Crippen molar-refractivity contribution in [1.29, 1.82) is 0 Å². The lowest BCUT2D eigenvalue weighted by molar-refractivity contribution is -0.384. The lowest BCUT2D eigenvalue weighted by Gasteiger charge is -2.25. The van der Waals surface area contributed by atoms with Crippen LogP contribution in [0.1, 0.15) is 0 Å². The quantitative estimate of drug-likeness (QED) is 0.556. The highest BCUT2D eigenvalue weighted by Crippen LogP contribution is 2.32. The third-order valence-corrected chi connectivity index (χ3v) is 2.20. The minimum Gasteiger partial charge on any atom is -0.489 e. The van der Waals surface area contributed by atoms with Crippen LogP contribution in [0.25, 0.3) is 0 Å². The molecule has 0 spiro atoms. The number of hydrogen-bond acceptors (Lipinski definition) is 5. The van der Waals surface area contributed by atoms with E-state index in [1.165, 1.54) is 12.1 Å². The Hall–Kier alpha value is -1.82. The molecule has 1 aliphatic heterocycles. The van der Waals surface area contributed by atoms with Crippen LogP contribution in [0, 0.1) is 10.1 Å². The summed E-state index contributed by atoms with van der Waals surface area (Å²) in [7, 11) is 0. The maximum Gasteiger partial charge on any atom is 0.273 e. The molecule has 6 heteroatoms. The SMILES string of the molecule is O=[N+]([O-])c1ccc2c(c1)OC[C@H](CO)N2. The predicted octanol–water partition coefficient (Wildman–Crippen LogP) is 0.760. The van der Waals surface area contributed by atoms with Crippen LogP contribution in [0.5, 0.6) is 5.75 Å². The summed E-state index contributed by atoms with van der Waals surface area (Å²) >= 11 is 0. The first-order valence-electron chi connectivity index (χ1n) is 4.49. The van der Waals surface area contributed by atoms with Gasteiger partial charge in [-0.25, -0.2) is 0 Å². The van der Waals surface area contributed by atoms with Crippen LogP contribution < -0.4 is 10.1 Å². The van der Waals surface area contributed by atoms with Crippen LogP contribution >= 0.6 is 0 Å². The van der Waals surface area contributed by atoms with E-state index in [9.17, 15) is 10.1 Å². The molecule has 2 rings (SSSR count). The number of nitro benzene ring substituents is 1. The van der Waals surface area contributed by atoms with E-state index >= 15 is 0 Å². The summed E-state index contributed by atoms with van der Waals surface area (Å²) in [6.07, 6.45) is 0. The average Bonchev–Trinajstić information content (AvgIpc) is 2.27. The van der Waals surface area contributed by atoms with Gasteiger partial charge in [-0.2, -0.15) is 0 Å². The van der Waals surface area contributed by atoms with E-state index in [-0.39, 0.29) is 18.3 Å². The molecule has 2 N–H and O–H groups in total. The topological polar surface area (TPSA) is 84.6 Å². The average molecular weight is 210 g/mol. The van der Waals surface area contributed by atoms with Crippen LogP contribution in [-0.2, 0) is 0 Å². The number of fused-ring (bicyclic) bond motifs is 1. The van der Waals surface area contributed by atoms with Gasteiger partial charge in [0, 0.05) is 6.07 Å². The predicted molar refractivity (Wildman–Crippen MR) is 53.1 cm³/mol. The third-order valence-electron chi connectivity index (χ3n) is 2.20. The van der Waals surface area contributed by atoms with E-state index in [0.717, 1.165) is 0 Å². The molecule has 1 aliphatic rings. The van der Waals surface area contributed by atoms with Crippen molar-refractivity contribution in [3.05, 3.63) is 28.3 Å². The molecule has 0 fully saturated rings. The van der Waals surface area contributed by atoms with Crippen molar-refractivity contribution in [2.75, 3.05) is 18.5 Å². The monoisotopic (exact) mass is 210 g/mol. The molecule has 0 radical (unpaired) electrons. The molecule has 1 aromatic carbocycles. The number of anilines is 1. The Labute approximate surface area is 85.6 Å². The van der Waals surface area contributed by atoms with E-state index in [2.05, 4.69) is 5.32 Å². The second kappa shape index (κ2) is 3.74. The lowest BCUT2D eigenvalue weighted by Crippen LogP contribution is -2.34. The van der Waals surface area contributed by atoms with E-state index in [1.54, 1.807) is 6.07 Å². The standard InChI is InChI=1S/C9H10N2O4/c12-4-6-5-15-9-3-7(11(13)14)1-2-8(9)10-6/h1-3,6,10,12H,4-5H2/t6-/m0/s1. The third kappa shape index (κ3) is 1.84.